The molecule has 0 bridgehead atoms. The minimum absolute atomic E-state index is 0.380. The lowest BCUT2D eigenvalue weighted by Crippen LogP contribution is -2.37. The summed E-state index contributed by atoms with van der Waals surface area (Å²) in [6.45, 7) is 0. The molecule has 1 aromatic carbocycles. The van der Waals surface area contributed by atoms with Crippen molar-refractivity contribution < 1.29 is 0 Å². The van der Waals surface area contributed by atoms with Crippen molar-refractivity contribution >= 4 is 22.4 Å². The third kappa shape index (κ3) is 2.72. The summed E-state index contributed by atoms with van der Waals surface area (Å²) in [6.07, 6.45) is 8.44. The van der Waals surface area contributed by atoms with Crippen LogP contribution in [-0.4, -0.2) is 17.0 Å². The Labute approximate surface area is 118 Å². The first-order chi connectivity index (χ1) is 9.86. The highest BCUT2D eigenvalue weighted by molar-refractivity contribution is 6.02. The van der Waals surface area contributed by atoms with E-state index in [1.54, 1.807) is 6.20 Å². The van der Waals surface area contributed by atoms with Gasteiger partial charge in [0.15, 0.2) is 0 Å². The second-order valence-electron chi connectivity index (χ2n) is 5.09. The molecular weight excluding hydrogens is 250 g/mol. The molecule has 1 fully saturated rings. The number of fused-ring (bicyclic) bond motifs is 1. The summed E-state index contributed by atoms with van der Waals surface area (Å²) in [5.41, 5.74) is 3.65. The molecule has 5 nitrogen and oxygen atoms in total. The summed E-state index contributed by atoms with van der Waals surface area (Å²) in [5.74, 6) is 6.21. The van der Waals surface area contributed by atoms with Crippen molar-refractivity contribution in [2.24, 2.45) is 10.8 Å². The number of hydrogen-bond donors (Lipinski definition) is 3. The van der Waals surface area contributed by atoms with Crippen LogP contribution in [0.2, 0.25) is 0 Å². The van der Waals surface area contributed by atoms with Gasteiger partial charge in [-0.3, -0.25) is 10.4 Å². The van der Waals surface area contributed by atoms with E-state index in [1.165, 1.54) is 12.8 Å². The fourth-order valence-electron chi connectivity index (χ4n) is 2.68. The molecule has 1 aromatic heterocycles. The number of nitrogens with one attached hydrogen (secondary N) is 2. The molecule has 4 N–H and O–H groups in total. The van der Waals surface area contributed by atoms with E-state index in [1.807, 2.05) is 30.5 Å². The monoisotopic (exact) mass is 269 g/mol. The van der Waals surface area contributed by atoms with Crippen LogP contribution in [0.5, 0.6) is 0 Å². The van der Waals surface area contributed by atoms with Crippen molar-refractivity contribution in [2.75, 3.05) is 5.32 Å². The molecule has 0 radical (unpaired) electrons. The SMILES string of the molecule is NNC(=NC1CCCC1)Nc1cccc2cnccc12. The molecule has 0 spiro atoms. The number of benzene rings is 1. The first-order valence-electron chi connectivity index (χ1n) is 7.01. The molecule has 1 aliphatic carbocycles. The van der Waals surface area contributed by atoms with Crippen molar-refractivity contribution in [2.45, 2.75) is 31.7 Å². The fraction of sp³-hybridized carbons (Fsp3) is 0.333. The van der Waals surface area contributed by atoms with Crippen LogP contribution in [0.1, 0.15) is 25.7 Å². The molecule has 0 atom stereocenters. The third-order valence-electron chi connectivity index (χ3n) is 3.71. The smallest absolute Gasteiger partial charge is 0.210 e. The van der Waals surface area contributed by atoms with Gasteiger partial charge in [0.05, 0.1) is 6.04 Å². The number of aliphatic imine (C=N–C) groups is 1. The van der Waals surface area contributed by atoms with Gasteiger partial charge in [-0.05, 0) is 25.0 Å². The van der Waals surface area contributed by atoms with Crippen LogP contribution < -0.4 is 16.6 Å². The third-order valence-corrected chi connectivity index (χ3v) is 3.71. The van der Waals surface area contributed by atoms with Crippen LogP contribution in [0.3, 0.4) is 0 Å². The number of aromatic nitrogens is 1. The highest BCUT2D eigenvalue weighted by Crippen LogP contribution is 2.23. The first kappa shape index (κ1) is 12.9. The van der Waals surface area contributed by atoms with Crippen LogP contribution in [0.25, 0.3) is 10.8 Å². The zero-order valence-corrected chi connectivity index (χ0v) is 11.3. The van der Waals surface area contributed by atoms with Gasteiger partial charge >= 0.3 is 0 Å². The first-order valence-corrected chi connectivity index (χ1v) is 7.01. The molecule has 2 aromatic rings. The van der Waals surface area contributed by atoms with Gasteiger partial charge in [-0.25, -0.2) is 10.8 Å². The summed E-state index contributed by atoms with van der Waals surface area (Å²) < 4.78 is 0. The van der Waals surface area contributed by atoms with E-state index in [9.17, 15) is 0 Å². The maximum Gasteiger partial charge on any atom is 0.210 e. The van der Waals surface area contributed by atoms with Gasteiger partial charge in [-0.15, -0.1) is 0 Å². The molecule has 3 rings (SSSR count). The molecule has 20 heavy (non-hydrogen) atoms. The predicted octanol–water partition coefficient (Wildman–Crippen LogP) is 2.41. The highest BCUT2D eigenvalue weighted by atomic mass is 15.3. The van der Waals surface area contributed by atoms with Crippen molar-refractivity contribution in [1.82, 2.24) is 10.4 Å². The van der Waals surface area contributed by atoms with Crippen molar-refractivity contribution in [3.8, 4) is 0 Å². The Morgan fingerprint density at radius 1 is 1.25 bits per heavy atom. The molecule has 1 aliphatic rings. The van der Waals surface area contributed by atoms with E-state index < -0.39 is 0 Å². The van der Waals surface area contributed by atoms with E-state index in [-0.39, 0.29) is 0 Å². The quantitative estimate of drug-likeness (QED) is 0.339. The van der Waals surface area contributed by atoms with Crippen molar-refractivity contribution in [1.29, 1.82) is 0 Å². The van der Waals surface area contributed by atoms with Crippen LogP contribution in [-0.2, 0) is 0 Å². The molecular formula is C15H19N5. The van der Waals surface area contributed by atoms with Crippen LogP contribution >= 0.6 is 0 Å². The van der Waals surface area contributed by atoms with Gasteiger partial charge in [-0.1, -0.05) is 25.0 Å². The number of pyridine rings is 1. The summed E-state index contributed by atoms with van der Waals surface area (Å²) in [5, 5.41) is 5.49. The Balaban J connectivity index is 1.87. The van der Waals surface area contributed by atoms with E-state index in [2.05, 4.69) is 20.7 Å². The number of hydrogen-bond acceptors (Lipinski definition) is 3. The molecule has 104 valence electrons. The minimum Gasteiger partial charge on any atom is -0.325 e. The Bertz CT molecular complexity index is 611. The molecule has 0 unspecified atom stereocenters. The van der Waals surface area contributed by atoms with Gasteiger partial charge in [-0.2, -0.15) is 0 Å². The zero-order chi connectivity index (χ0) is 13.8. The van der Waals surface area contributed by atoms with Crippen LogP contribution in [0, 0.1) is 0 Å². The lowest BCUT2D eigenvalue weighted by Gasteiger charge is -2.13. The second-order valence-corrected chi connectivity index (χ2v) is 5.09. The lowest BCUT2D eigenvalue weighted by atomic mass is 10.1. The highest BCUT2D eigenvalue weighted by Gasteiger charge is 2.14. The predicted molar refractivity (Wildman–Crippen MR) is 82.4 cm³/mol. The molecule has 0 saturated heterocycles. The molecule has 1 saturated carbocycles. The number of guanidine groups is 1. The zero-order valence-electron chi connectivity index (χ0n) is 11.3. The van der Waals surface area contributed by atoms with Gasteiger partial charge < -0.3 is 5.32 Å². The fourth-order valence-corrected chi connectivity index (χ4v) is 2.68. The Kier molecular flexibility index (Phi) is 3.78. The standard InChI is InChI=1S/C15H19N5/c16-20-15(18-12-5-1-2-6-12)19-14-7-3-4-11-10-17-9-8-13(11)14/h3-4,7-10,12H,1-2,5-6,16H2,(H2,18,19,20). The molecule has 0 amide bonds. The largest absolute Gasteiger partial charge is 0.325 e. The molecule has 1 heterocycles. The summed E-state index contributed by atoms with van der Waals surface area (Å²) in [6, 6.07) is 8.42. The maximum absolute atomic E-state index is 5.59. The van der Waals surface area contributed by atoms with Crippen LogP contribution in [0.15, 0.2) is 41.7 Å². The number of rotatable bonds is 2. The average molecular weight is 269 g/mol. The van der Waals surface area contributed by atoms with Crippen molar-refractivity contribution in [3.63, 3.8) is 0 Å². The number of hydrazine groups is 1. The topological polar surface area (TPSA) is 75.3 Å². The Morgan fingerprint density at radius 3 is 2.90 bits per heavy atom. The molecule has 5 heteroatoms. The summed E-state index contributed by atoms with van der Waals surface area (Å²) >= 11 is 0. The van der Waals surface area contributed by atoms with E-state index in [0.29, 0.717) is 12.0 Å². The van der Waals surface area contributed by atoms with Gasteiger partial charge in [0.1, 0.15) is 0 Å². The normalized spacial score (nSPS) is 16.6. The number of anilines is 1. The Hall–Kier alpha value is -2.14. The summed E-state index contributed by atoms with van der Waals surface area (Å²) in [7, 11) is 0. The molecule has 0 aliphatic heterocycles. The van der Waals surface area contributed by atoms with Crippen LogP contribution in [0.4, 0.5) is 5.69 Å². The second kappa shape index (κ2) is 5.88. The number of nitrogens with two attached hydrogens (primary N) is 1. The minimum atomic E-state index is 0.380. The lowest BCUT2D eigenvalue weighted by molar-refractivity contribution is 0.700. The number of nitrogens with zero attached hydrogens (tertiary/aromatic N) is 2. The van der Waals surface area contributed by atoms with Gasteiger partial charge in [0, 0.05) is 28.9 Å². The summed E-state index contributed by atoms with van der Waals surface area (Å²) in [4.78, 5) is 8.79. The van der Waals surface area contributed by atoms with Crippen molar-refractivity contribution in [3.05, 3.63) is 36.7 Å². The maximum atomic E-state index is 5.59. The van der Waals surface area contributed by atoms with Gasteiger partial charge in [0.2, 0.25) is 5.96 Å². The van der Waals surface area contributed by atoms with E-state index >= 15 is 0 Å². The van der Waals surface area contributed by atoms with E-state index in [4.69, 9.17) is 5.84 Å². The Morgan fingerprint density at radius 2 is 2.10 bits per heavy atom. The average Bonchev–Trinajstić information content (AvgIpc) is 3.00. The van der Waals surface area contributed by atoms with Gasteiger partial charge in [0.25, 0.3) is 0 Å². The van der Waals surface area contributed by atoms with E-state index in [0.717, 1.165) is 29.3 Å².